The highest BCUT2D eigenvalue weighted by molar-refractivity contribution is 5.99. The summed E-state index contributed by atoms with van der Waals surface area (Å²) in [5.41, 5.74) is 2.96. The Morgan fingerprint density at radius 2 is 1.93 bits per heavy atom. The number of imidazole rings is 1. The quantitative estimate of drug-likeness (QED) is 0.608. The van der Waals surface area contributed by atoms with E-state index in [2.05, 4.69) is 14.9 Å². The Morgan fingerprint density at radius 3 is 2.62 bits per heavy atom. The van der Waals surface area contributed by atoms with Crippen molar-refractivity contribution >= 4 is 11.9 Å². The number of piperidine rings is 1. The number of H-pyrrole nitrogens is 1. The van der Waals surface area contributed by atoms with Crippen molar-refractivity contribution in [1.29, 1.82) is 5.41 Å². The second-order valence-electron chi connectivity index (χ2n) is 7.62. The number of hydrogen-bond donors (Lipinski definition) is 2. The van der Waals surface area contributed by atoms with Crippen molar-refractivity contribution < 1.29 is 14.2 Å². The molecule has 1 aromatic carbocycles. The summed E-state index contributed by atoms with van der Waals surface area (Å²) in [7, 11) is 0. The minimum atomic E-state index is 0.140. The van der Waals surface area contributed by atoms with Gasteiger partial charge in [-0.2, -0.15) is 0 Å². The zero-order valence-corrected chi connectivity index (χ0v) is 17.2. The summed E-state index contributed by atoms with van der Waals surface area (Å²) >= 11 is 0. The number of amidine groups is 1. The molecule has 0 bridgehead atoms. The molecule has 2 N–H and O–H groups in total. The number of aryl methyl sites for hydroxylation is 2. The van der Waals surface area contributed by atoms with Gasteiger partial charge < -0.3 is 24.1 Å². The molecular formula is C22H28N4O3. The van der Waals surface area contributed by atoms with E-state index in [0.717, 1.165) is 66.0 Å². The second kappa shape index (κ2) is 8.19. The minimum Gasteiger partial charge on any atom is -0.490 e. The zero-order valence-electron chi connectivity index (χ0n) is 17.2. The molecule has 4 rings (SSSR count). The van der Waals surface area contributed by atoms with Crippen LogP contribution in [-0.2, 0) is 0 Å². The van der Waals surface area contributed by atoms with Crippen LogP contribution in [0.15, 0.2) is 23.8 Å². The van der Waals surface area contributed by atoms with E-state index >= 15 is 0 Å². The van der Waals surface area contributed by atoms with Crippen molar-refractivity contribution in [2.45, 2.75) is 39.7 Å². The number of aromatic nitrogens is 2. The van der Waals surface area contributed by atoms with Gasteiger partial charge in [-0.3, -0.25) is 5.41 Å². The van der Waals surface area contributed by atoms with Gasteiger partial charge in [0.1, 0.15) is 36.7 Å². The fraction of sp³-hybridized carbons (Fsp3) is 0.455. The fourth-order valence-corrected chi connectivity index (χ4v) is 3.65. The standard InChI is InChI=1S/C22H28N4O3/c1-14(12-21-24-15(2)16(3)25-21)22(23)26-8-6-17(7-9-26)29-18-4-5-19-20(13-18)28-11-10-27-19/h4-5,12-13,17,23H,6-11H2,1-3H3,(H,24,25)/b14-12-,23-22?. The van der Waals surface area contributed by atoms with Crippen molar-refractivity contribution in [2.24, 2.45) is 0 Å². The predicted molar refractivity (Wildman–Crippen MR) is 112 cm³/mol. The molecule has 0 saturated carbocycles. The van der Waals surface area contributed by atoms with Crippen molar-refractivity contribution in [3.8, 4) is 17.2 Å². The zero-order chi connectivity index (χ0) is 20.4. The minimum absolute atomic E-state index is 0.140. The average molecular weight is 396 g/mol. The molecule has 2 aliphatic rings. The van der Waals surface area contributed by atoms with Crippen molar-refractivity contribution in [2.75, 3.05) is 26.3 Å². The monoisotopic (exact) mass is 396 g/mol. The summed E-state index contributed by atoms with van der Waals surface area (Å²) in [6.07, 6.45) is 3.84. The lowest BCUT2D eigenvalue weighted by Crippen LogP contribution is -2.41. The van der Waals surface area contributed by atoms with Crippen LogP contribution in [0.4, 0.5) is 0 Å². The molecule has 2 aliphatic heterocycles. The van der Waals surface area contributed by atoms with E-state index in [1.807, 2.05) is 45.0 Å². The molecule has 3 heterocycles. The lowest BCUT2D eigenvalue weighted by molar-refractivity contribution is 0.128. The molecule has 2 aromatic rings. The van der Waals surface area contributed by atoms with Crippen molar-refractivity contribution in [3.05, 3.63) is 41.0 Å². The van der Waals surface area contributed by atoms with Crippen molar-refractivity contribution in [1.82, 2.24) is 14.9 Å². The summed E-state index contributed by atoms with van der Waals surface area (Å²) in [6, 6.07) is 5.74. The van der Waals surface area contributed by atoms with Gasteiger partial charge in [-0.15, -0.1) is 0 Å². The first-order chi connectivity index (χ1) is 14.0. The van der Waals surface area contributed by atoms with Crippen LogP contribution in [-0.4, -0.2) is 53.1 Å². The highest BCUT2D eigenvalue weighted by atomic mass is 16.6. The maximum Gasteiger partial charge on any atom is 0.165 e. The molecule has 0 aliphatic carbocycles. The molecule has 7 heteroatoms. The molecular weight excluding hydrogens is 368 g/mol. The summed E-state index contributed by atoms with van der Waals surface area (Å²) in [5.74, 6) is 3.68. The van der Waals surface area contributed by atoms with Crippen molar-refractivity contribution in [3.63, 3.8) is 0 Å². The number of nitrogens with one attached hydrogen (secondary N) is 2. The van der Waals surface area contributed by atoms with Gasteiger partial charge in [-0.05, 0) is 44.6 Å². The summed E-state index contributed by atoms with van der Waals surface area (Å²) in [5, 5.41) is 8.54. The summed E-state index contributed by atoms with van der Waals surface area (Å²) < 4.78 is 17.3. The second-order valence-corrected chi connectivity index (χ2v) is 7.62. The summed E-state index contributed by atoms with van der Waals surface area (Å²) in [4.78, 5) is 9.84. The highest BCUT2D eigenvalue weighted by Gasteiger charge is 2.23. The van der Waals surface area contributed by atoms with Crippen LogP contribution in [0.1, 0.15) is 37.0 Å². The summed E-state index contributed by atoms with van der Waals surface area (Å²) in [6.45, 7) is 8.72. The van der Waals surface area contributed by atoms with Crippen LogP contribution in [0.5, 0.6) is 17.2 Å². The van der Waals surface area contributed by atoms with Gasteiger partial charge in [0.2, 0.25) is 0 Å². The van der Waals surface area contributed by atoms with Gasteiger partial charge in [0.15, 0.2) is 11.5 Å². The topological polar surface area (TPSA) is 83.5 Å². The van der Waals surface area contributed by atoms with Gasteiger partial charge in [-0.25, -0.2) is 4.98 Å². The van der Waals surface area contributed by atoms with E-state index in [0.29, 0.717) is 19.0 Å². The maximum atomic E-state index is 8.54. The number of hydrogen-bond acceptors (Lipinski definition) is 5. The largest absolute Gasteiger partial charge is 0.490 e. The number of fused-ring (bicyclic) bond motifs is 1. The molecule has 154 valence electrons. The Bertz CT molecular complexity index is 907. The number of likely N-dealkylation sites (tertiary alicyclic amines) is 1. The molecule has 1 aromatic heterocycles. The van der Waals surface area contributed by atoms with Crippen LogP contribution in [0.25, 0.3) is 6.08 Å². The van der Waals surface area contributed by atoms with Gasteiger partial charge in [-0.1, -0.05) is 0 Å². The van der Waals surface area contributed by atoms with E-state index in [1.54, 1.807) is 0 Å². The Morgan fingerprint density at radius 1 is 1.21 bits per heavy atom. The van der Waals surface area contributed by atoms with E-state index in [9.17, 15) is 0 Å². The average Bonchev–Trinajstić information content (AvgIpc) is 3.04. The number of benzene rings is 1. The number of nitrogens with zero attached hydrogens (tertiary/aromatic N) is 2. The number of ether oxygens (including phenoxy) is 3. The molecule has 1 fully saturated rings. The molecule has 0 spiro atoms. The van der Waals surface area contributed by atoms with Crippen LogP contribution in [0.3, 0.4) is 0 Å². The van der Waals surface area contributed by atoms with E-state index in [-0.39, 0.29) is 6.10 Å². The SMILES string of the molecule is C/C(=C/c1nc(C)c(C)[nH]1)C(=N)N1CCC(Oc2ccc3c(c2)OCCO3)CC1. The third-order valence-electron chi connectivity index (χ3n) is 5.45. The number of rotatable bonds is 4. The Balaban J connectivity index is 1.32. The molecule has 0 amide bonds. The smallest absolute Gasteiger partial charge is 0.165 e. The Labute approximate surface area is 171 Å². The van der Waals surface area contributed by atoms with Gasteiger partial charge in [0, 0.05) is 37.7 Å². The molecule has 0 atom stereocenters. The van der Waals surface area contributed by atoms with Gasteiger partial charge in [0.25, 0.3) is 0 Å². The lowest BCUT2D eigenvalue weighted by atomic mass is 10.1. The number of aromatic amines is 1. The van der Waals surface area contributed by atoms with Crippen LogP contribution in [0, 0.1) is 19.3 Å². The van der Waals surface area contributed by atoms with Crippen LogP contribution in [0.2, 0.25) is 0 Å². The van der Waals surface area contributed by atoms with Gasteiger partial charge in [0.05, 0.1) is 5.69 Å². The first kappa shape index (κ1) is 19.4. The first-order valence-electron chi connectivity index (χ1n) is 10.1. The molecule has 0 radical (unpaired) electrons. The molecule has 29 heavy (non-hydrogen) atoms. The predicted octanol–water partition coefficient (Wildman–Crippen LogP) is 3.72. The molecule has 0 unspecified atom stereocenters. The third-order valence-corrected chi connectivity index (χ3v) is 5.45. The van der Waals surface area contributed by atoms with Gasteiger partial charge >= 0.3 is 0 Å². The normalized spacial score (nSPS) is 17.3. The lowest BCUT2D eigenvalue weighted by Gasteiger charge is -2.34. The first-order valence-corrected chi connectivity index (χ1v) is 10.1. The third kappa shape index (κ3) is 4.39. The van der Waals surface area contributed by atoms with Crippen LogP contribution >= 0.6 is 0 Å². The van der Waals surface area contributed by atoms with E-state index in [4.69, 9.17) is 19.6 Å². The van der Waals surface area contributed by atoms with E-state index in [1.165, 1.54) is 0 Å². The Hall–Kier alpha value is -2.96. The molecule has 7 nitrogen and oxygen atoms in total. The Kier molecular flexibility index (Phi) is 5.47. The van der Waals surface area contributed by atoms with Crippen LogP contribution < -0.4 is 14.2 Å². The fourth-order valence-electron chi connectivity index (χ4n) is 3.65. The highest BCUT2D eigenvalue weighted by Crippen LogP contribution is 2.34. The maximum absolute atomic E-state index is 8.54. The molecule has 1 saturated heterocycles. The van der Waals surface area contributed by atoms with E-state index < -0.39 is 0 Å².